The zero-order valence-electron chi connectivity index (χ0n) is 8.87. The first kappa shape index (κ1) is 14.3. The predicted octanol–water partition coefficient (Wildman–Crippen LogP) is 1.69. The Morgan fingerprint density at radius 2 is 1.78 bits per heavy atom. The van der Waals surface area contributed by atoms with E-state index in [1.807, 2.05) is 0 Å². The van der Waals surface area contributed by atoms with Crippen LogP contribution in [0.25, 0.3) is 0 Å². The van der Waals surface area contributed by atoms with Gasteiger partial charge in [-0.15, -0.1) is 0 Å². The molecule has 6 N–H and O–H groups in total. The minimum atomic E-state index is -4.49. The van der Waals surface area contributed by atoms with Crippen molar-refractivity contribution in [2.24, 2.45) is 27.2 Å². The highest BCUT2D eigenvalue weighted by Crippen LogP contribution is 2.39. The molecular formula is C9H9BrF3N5. The molecule has 0 spiro atoms. The van der Waals surface area contributed by atoms with Crippen molar-refractivity contribution in [3.8, 4) is 0 Å². The van der Waals surface area contributed by atoms with Gasteiger partial charge in [0.2, 0.25) is 5.96 Å². The van der Waals surface area contributed by atoms with E-state index in [9.17, 15) is 13.2 Å². The third-order valence-corrected chi connectivity index (χ3v) is 2.60. The lowest BCUT2D eigenvalue weighted by Crippen LogP contribution is -2.26. The van der Waals surface area contributed by atoms with Gasteiger partial charge in [0, 0.05) is 0 Å². The van der Waals surface area contributed by atoms with Crippen LogP contribution in [-0.2, 0) is 6.18 Å². The van der Waals surface area contributed by atoms with Crippen molar-refractivity contribution in [1.29, 1.82) is 0 Å². The largest absolute Gasteiger partial charge is 0.417 e. The molecule has 1 rings (SSSR count). The lowest BCUT2D eigenvalue weighted by atomic mass is 10.2. The Morgan fingerprint density at radius 1 is 1.17 bits per heavy atom. The number of hydrogen-bond donors (Lipinski definition) is 3. The Kier molecular flexibility index (Phi) is 4.17. The summed E-state index contributed by atoms with van der Waals surface area (Å²) in [7, 11) is 0. The van der Waals surface area contributed by atoms with Crippen LogP contribution in [0.4, 0.5) is 18.9 Å². The number of benzene rings is 1. The van der Waals surface area contributed by atoms with Crippen LogP contribution < -0.4 is 17.2 Å². The SMILES string of the molecule is NC(N)=NC(N)=Nc1cccc(C(F)(F)F)c1Br. The molecule has 0 unspecified atom stereocenters. The maximum atomic E-state index is 12.6. The second-order valence-electron chi connectivity index (χ2n) is 3.14. The van der Waals surface area contributed by atoms with Gasteiger partial charge in [0.05, 0.1) is 15.7 Å². The number of nitrogens with two attached hydrogens (primary N) is 3. The average molecular weight is 324 g/mol. The summed E-state index contributed by atoms with van der Waals surface area (Å²) in [6.07, 6.45) is -4.49. The zero-order valence-corrected chi connectivity index (χ0v) is 10.5. The van der Waals surface area contributed by atoms with Crippen molar-refractivity contribution in [2.75, 3.05) is 0 Å². The number of hydrogen-bond acceptors (Lipinski definition) is 1. The number of aliphatic imine (C=N–C) groups is 2. The Labute approximate surface area is 109 Å². The minimum absolute atomic E-state index is 0.0210. The highest BCUT2D eigenvalue weighted by Gasteiger charge is 2.33. The van der Waals surface area contributed by atoms with Gasteiger partial charge >= 0.3 is 6.18 Å². The fraction of sp³-hybridized carbons (Fsp3) is 0.111. The van der Waals surface area contributed by atoms with Gasteiger partial charge in [-0.2, -0.15) is 18.2 Å². The van der Waals surface area contributed by atoms with Gasteiger partial charge in [-0.3, -0.25) is 0 Å². The number of nitrogens with zero attached hydrogens (tertiary/aromatic N) is 2. The molecule has 0 aliphatic carbocycles. The van der Waals surface area contributed by atoms with E-state index in [2.05, 4.69) is 25.9 Å². The van der Waals surface area contributed by atoms with E-state index >= 15 is 0 Å². The van der Waals surface area contributed by atoms with Crippen LogP contribution in [0.1, 0.15) is 5.56 Å². The lowest BCUT2D eigenvalue weighted by molar-refractivity contribution is -0.138. The molecule has 0 heterocycles. The molecule has 0 radical (unpaired) electrons. The molecule has 98 valence electrons. The molecule has 0 saturated carbocycles. The summed E-state index contributed by atoms with van der Waals surface area (Å²) in [4.78, 5) is 7.08. The molecule has 0 aliphatic rings. The molecule has 9 heteroatoms. The van der Waals surface area contributed by atoms with E-state index in [1.54, 1.807) is 0 Å². The summed E-state index contributed by atoms with van der Waals surface area (Å²) in [6, 6.07) is 3.46. The van der Waals surface area contributed by atoms with E-state index in [4.69, 9.17) is 17.2 Å². The first-order valence-corrected chi connectivity index (χ1v) is 5.30. The molecule has 5 nitrogen and oxygen atoms in total. The molecule has 1 aromatic rings. The highest BCUT2D eigenvalue weighted by molar-refractivity contribution is 9.10. The first-order chi connectivity index (χ1) is 8.21. The Balaban J connectivity index is 3.25. The van der Waals surface area contributed by atoms with Crippen LogP contribution >= 0.6 is 15.9 Å². The van der Waals surface area contributed by atoms with Gasteiger partial charge in [-0.05, 0) is 28.1 Å². The van der Waals surface area contributed by atoms with E-state index in [0.717, 1.165) is 6.07 Å². The van der Waals surface area contributed by atoms with Crippen LogP contribution in [0.2, 0.25) is 0 Å². The molecular weight excluding hydrogens is 315 g/mol. The average Bonchev–Trinajstić information content (AvgIpc) is 2.18. The quantitative estimate of drug-likeness (QED) is 0.541. The molecule has 0 amide bonds. The summed E-state index contributed by atoms with van der Waals surface area (Å²) in [5.74, 6) is -0.672. The van der Waals surface area contributed by atoms with Crippen molar-refractivity contribution in [1.82, 2.24) is 0 Å². The van der Waals surface area contributed by atoms with Crippen molar-refractivity contribution >= 4 is 33.5 Å². The van der Waals surface area contributed by atoms with Crippen molar-refractivity contribution in [3.05, 3.63) is 28.2 Å². The van der Waals surface area contributed by atoms with E-state index in [-0.39, 0.29) is 22.1 Å². The Hall–Kier alpha value is -1.77. The monoisotopic (exact) mass is 323 g/mol. The van der Waals surface area contributed by atoms with Crippen LogP contribution in [0.15, 0.2) is 32.7 Å². The summed E-state index contributed by atoms with van der Waals surface area (Å²) in [5, 5.41) is 0. The summed E-state index contributed by atoms with van der Waals surface area (Å²) >= 11 is 2.82. The van der Waals surface area contributed by atoms with Crippen molar-refractivity contribution in [2.45, 2.75) is 6.18 Å². The van der Waals surface area contributed by atoms with Gasteiger partial charge in [0.15, 0.2) is 5.96 Å². The number of rotatable bonds is 1. The third-order valence-electron chi connectivity index (χ3n) is 1.76. The van der Waals surface area contributed by atoms with Gasteiger partial charge in [0.1, 0.15) is 0 Å². The molecule has 18 heavy (non-hydrogen) atoms. The highest BCUT2D eigenvalue weighted by atomic mass is 79.9. The van der Waals surface area contributed by atoms with Gasteiger partial charge in [-0.1, -0.05) is 6.07 Å². The molecule has 0 aromatic heterocycles. The van der Waals surface area contributed by atoms with Crippen LogP contribution in [0, 0.1) is 0 Å². The van der Waals surface area contributed by atoms with E-state index < -0.39 is 11.7 Å². The fourth-order valence-corrected chi connectivity index (χ4v) is 1.68. The van der Waals surface area contributed by atoms with Crippen LogP contribution in [0.3, 0.4) is 0 Å². The van der Waals surface area contributed by atoms with E-state index in [0.29, 0.717) is 0 Å². The molecule has 0 atom stereocenters. The van der Waals surface area contributed by atoms with Gasteiger partial charge in [0.25, 0.3) is 0 Å². The van der Waals surface area contributed by atoms with Crippen LogP contribution in [0.5, 0.6) is 0 Å². The first-order valence-electron chi connectivity index (χ1n) is 4.51. The summed E-state index contributed by atoms with van der Waals surface area (Å²) < 4.78 is 37.6. The Bertz CT molecular complexity index is 505. The number of halogens is 4. The molecule has 0 saturated heterocycles. The topological polar surface area (TPSA) is 103 Å². The fourth-order valence-electron chi connectivity index (χ4n) is 1.11. The second kappa shape index (κ2) is 5.25. The molecule has 0 bridgehead atoms. The van der Waals surface area contributed by atoms with Crippen molar-refractivity contribution < 1.29 is 13.2 Å². The normalized spacial score (nSPS) is 12.3. The summed E-state index contributed by atoms with van der Waals surface area (Å²) in [6.45, 7) is 0. The molecule has 0 aliphatic heterocycles. The Morgan fingerprint density at radius 3 is 2.28 bits per heavy atom. The van der Waals surface area contributed by atoms with Crippen molar-refractivity contribution in [3.63, 3.8) is 0 Å². The smallest absolute Gasteiger partial charge is 0.370 e. The zero-order chi connectivity index (χ0) is 13.9. The van der Waals surface area contributed by atoms with Gasteiger partial charge < -0.3 is 17.2 Å². The van der Waals surface area contributed by atoms with Crippen LogP contribution in [-0.4, -0.2) is 11.9 Å². The maximum Gasteiger partial charge on any atom is 0.417 e. The van der Waals surface area contributed by atoms with Gasteiger partial charge in [-0.25, -0.2) is 4.99 Å². The standard InChI is InChI=1S/C9H9BrF3N5/c10-6-4(9(11,12)13)2-1-3-5(6)17-8(16)18-7(14)15/h1-3H,(H6,14,15,16,17,18). The maximum absolute atomic E-state index is 12.6. The number of alkyl halides is 3. The third kappa shape index (κ3) is 3.62. The predicted molar refractivity (Wildman–Crippen MR) is 66.2 cm³/mol. The summed E-state index contributed by atoms with van der Waals surface area (Å²) in [5.41, 5.74) is 14.6. The second-order valence-corrected chi connectivity index (χ2v) is 3.94. The lowest BCUT2D eigenvalue weighted by Gasteiger charge is -2.10. The molecule has 1 aromatic carbocycles. The van der Waals surface area contributed by atoms with E-state index in [1.165, 1.54) is 12.1 Å². The number of guanidine groups is 2. The molecule has 0 fully saturated rings. The minimum Gasteiger partial charge on any atom is -0.370 e.